The van der Waals surface area contributed by atoms with Crippen molar-refractivity contribution in [2.45, 2.75) is 34.1 Å². The topological polar surface area (TPSA) is 39.2 Å². The third-order valence-electron chi connectivity index (χ3n) is 4.20. The second kappa shape index (κ2) is 12.9. The lowest BCUT2D eigenvalue weighted by atomic mass is 9.85. The van der Waals surface area contributed by atoms with Crippen LogP contribution in [0, 0.1) is 11.8 Å². The van der Waals surface area contributed by atoms with Crippen molar-refractivity contribution in [2.24, 2.45) is 0 Å². The Morgan fingerprint density at radius 1 is 1.20 bits per heavy atom. The molecule has 30 heavy (non-hydrogen) atoms. The summed E-state index contributed by atoms with van der Waals surface area (Å²) in [5, 5.41) is 0. The van der Waals surface area contributed by atoms with Gasteiger partial charge in [0.05, 0.1) is 7.11 Å². The summed E-state index contributed by atoms with van der Waals surface area (Å²) in [6, 6.07) is 3.64. The molecule has 2 rings (SSSR count). The molecule has 1 heterocycles. The van der Waals surface area contributed by atoms with Gasteiger partial charge >= 0.3 is 5.97 Å². The van der Waals surface area contributed by atoms with Crippen LogP contribution in [-0.4, -0.2) is 18.1 Å². The van der Waals surface area contributed by atoms with E-state index in [1.807, 2.05) is 32.9 Å². The molecule has 0 saturated carbocycles. The summed E-state index contributed by atoms with van der Waals surface area (Å²) in [5.41, 5.74) is 4.26. The zero-order chi connectivity index (χ0) is 22.5. The Morgan fingerprint density at radius 2 is 1.87 bits per heavy atom. The van der Waals surface area contributed by atoms with Gasteiger partial charge < -0.3 is 4.74 Å². The number of hydrogen-bond donors (Lipinski definition) is 0. The fourth-order valence-corrected chi connectivity index (χ4v) is 2.92. The summed E-state index contributed by atoms with van der Waals surface area (Å²) in [4.78, 5) is 16.5. The smallest absolute Gasteiger partial charge is 0.334 e. The first-order chi connectivity index (χ1) is 14.5. The van der Waals surface area contributed by atoms with Crippen LogP contribution in [0.15, 0.2) is 89.6 Å². The fraction of sp³-hybridized carbons (Fsp3) is 0.231. The Labute approximate surface area is 179 Å². The molecular formula is C26H28FNO2. The van der Waals surface area contributed by atoms with Crippen LogP contribution in [0.25, 0.3) is 5.57 Å². The number of nitrogens with zero attached hydrogens (tertiary/aromatic N) is 1. The largest absolute Gasteiger partial charge is 0.466 e. The van der Waals surface area contributed by atoms with Gasteiger partial charge in [-0.15, -0.1) is 0 Å². The molecule has 0 unspecified atom stereocenters. The molecule has 0 spiro atoms. The van der Waals surface area contributed by atoms with E-state index in [9.17, 15) is 9.18 Å². The maximum absolute atomic E-state index is 13.7. The lowest BCUT2D eigenvalue weighted by molar-refractivity contribution is -0.135. The summed E-state index contributed by atoms with van der Waals surface area (Å²) >= 11 is 0. The Morgan fingerprint density at radius 3 is 2.47 bits per heavy atom. The van der Waals surface area contributed by atoms with Gasteiger partial charge in [0.1, 0.15) is 5.83 Å². The predicted octanol–water partition coefficient (Wildman–Crippen LogP) is 6.30. The quantitative estimate of drug-likeness (QED) is 0.255. The molecule has 156 valence electrons. The molecule has 0 fully saturated rings. The molecule has 0 N–H and O–H groups in total. The Balaban J connectivity index is 0.00000218. The number of hydrogen-bond acceptors (Lipinski definition) is 3. The third kappa shape index (κ3) is 6.56. The van der Waals surface area contributed by atoms with E-state index in [2.05, 4.69) is 23.4 Å². The van der Waals surface area contributed by atoms with Crippen molar-refractivity contribution in [3.05, 3.63) is 95.2 Å². The first-order valence-electron chi connectivity index (χ1n) is 9.76. The number of methoxy groups -OCH3 is 1. The molecule has 0 aliphatic heterocycles. The van der Waals surface area contributed by atoms with Crippen molar-refractivity contribution in [3.63, 3.8) is 0 Å². The molecule has 1 aromatic heterocycles. The highest BCUT2D eigenvalue weighted by Gasteiger charge is 2.21. The van der Waals surface area contributed by atoms with E-state index in [0.717, 1.165) is 22.3 Å². The van der Waals surface area contributed by atoms with Gasteiger partial charge in [0, 0.05) is 29.1 Å². The van der Waals surface area contributed by atoms with Gasteiger partial charge in [0.25, 0.3) is 0 Å². The molecule has 0 atom stereocenters. The van der Waals surface area contributed by atoms with Gasteiger partial charge in [0.15, 0.2) is 0 Å². The zero-order valence-corrected chi connectivity index (χ0v) is 18.3. The van der Waals surface area contributed by atoms with Crippen LogP contribution >= 0.6 is 0 Å². The van der Waals surface area contributed by atoms with E-state index in [1.165, 1.54) is 25.3 Å². The SMILES string of the molecule is C=CC#C/C(C)=C(C1=CC=C(F)C=CC1)/C(=C(\C)C(=O)OC)c1ccncc1.CC. The van der Waals surface area contributed by atoms with Gasteiger partial charge in [-0.3, -0.25) is 4.98 Å². The number of carbonyl (C=O) groups excluding carboxylic acids is 1. The summed E-state index contributed by atoms with van der Waals surface area (Å²) < 4.78 is 18.7. The second-order valence-corrected chi connectivity index (χ2v) is 6.05. The van der Waals surface area contributed by atoms with Crippen LogP contribution in [0.1, 0.15) is 39.7 Å². The number of carbonyl (C=O) groups is 1. The maximum Gasteiger partial charge on any atom is 0.334 e. The van der Waals surface area contributed by atoms with Gasteiger partial charge in [0.2, 0.25) is 0 Å². The van der Waals surface area contributed by atoms with Gasteiger partial charge in [-0.1, -0.05) is 44.4 Å². The normalized spacial score (nSPS) is 14.2. The average molecular weight is 406 g/mol. The Bertz CT molecular complexity index is 981. The van der Waals surface area contributed by atoms with Crippen molar-refractivity contribution in [1.82, 2.24) is 4.98 Å². The molecule has 0 bridgehead atoms. The van der Waals surface area contributed by atoms with E-state index in [4.69, 9.17) is 4.74 Å². The van der Waals surface area contributed by atoms with Gasteiger partial charge in [-0.25, -0.2) is 9.18 Å². The Kier molecular flexibility index (Phi) is 10.6. The number of rotatable bonds is 4. The number of aromatic nitrogens is 1. The third-order valence-corrected chi connectivity index (χ3v) is 4.20. The molecule has 0 amide bonds. The molecule has 1 aromatic rings. The van der Waals surface area contributed by atoms with Gasteiger partial charge in [-0.05, 0) is 67.3 Å². The molecule has 1 aliphatic carbocycles. The summed E-state index contributed by atoms with van der Waals surface area (Å²) in [6.45, 7) is 11.2. The molecule has 0 radical (unpaired) electrons. The highest BCUT2D eigenvalue weighted by Crippen LogP contribution is 2.36. The highest BCUT2D eigenvalue weighted by atomic mass is 19.1. The first kappa shape index (κ1) is 24.6. The van der Waals surface area contributed by atoms with Crippen LogP contribution in [0.5, 0.6) is 0 Å². The molecule has 0 aromatic carbocycles. The summed E-state index contributed by atoms with van der Waals surface area (Å²) in [6.07, 6.45) is 11.6. The monoisotopic (exact) mass is 405 g/mol. The molecular weight excluding hydrogens is 377 g/mol. The second-order valence-electron chi connectivity index (χ2n) is 6.05. The summed E-state index contributed by atoms with van der Waals surface area (Å²) in [7, 11) is 1.34. The fourth-order valence-electron chi connectivity index (χ4n) is 2.92. The minimum absolute atomic E-state index is 0.330. The van der Waals surface area contributed by atoms with Crippen LogP contribution in [0.3, 0.4) is 0 Å². The Hall–Kier alpha value is -3.45. The van der Waals surface area contributed by atoms with E-state index < -0.39 is 5.97 Å². The summed E-state index contributed by atoms with van der Waals surface area (Å²) in [5.74, 6) is 5.13. The van der Waals surface area contributed by atoms with E-state index in [1.54, 1.807) is 31.5 Å². The minimum atomic E-state index is -0.444. The van der Waals surface area contributed by atoms with Crippen LogP contribution in [0.4, 0.5) is 4.39 Å². The van der Waals surface area contributed by atoms with Crippen LogP contribution < -0.4 is 0 Å². The lowest BCUT2D eigenvalue weighted by Crippen LogP contribution is -2.08. The average Bonchev–Trinajstić information content (AvgIpc) is 3.00. The number of allylic oxidation sites excluding steroid dienone is 10. The minimum Gasteiger partial charge on any atom is -0.466 e. The molecule has 1 aliphatic rings. The number of esters is 1. The first-order valence-corrected chi connectivity index (χ1v) is 9.76. The standard InChI is InChI=1S/C24H22FNO2.C2H6/c1-5-6-8-17(2)22(19-9-7-10-21(25)12-11-19)23(18(3)24(27)28-4)20-13-15-26-16-14-20;1-2/h5,7,10-16H,1,9H2,2-4H3;1-2H3/b22-17+,23-18+;. The van der Waals surface area contributed by atoms with E-state index in [0.29, 0.717) is 17.6 Å². The van der Waals surface area contributed by atoms with Gasteiger partial charge in [-0.2, -0.15) is 0 Å². The molecule has 0 saturated heterocycles. The maximum atomic E-state index is 13.7. The molecule has 4 heteroatoms. The zero-order valence-electron chi connectivity index (χ0n) is 18.3. The number of halogens is 1. The van der Waals surface area contributed by atoms with Crippen molar-refractivity contribution >= 4 is 11.5 Å². The van der Waals surface area contributed by atoms with Crippen molar-refractivity contribution in [2.75, 3.05) is 7.11 Å². The highest BCUT2D eigenvalue weighted by molar-refractivity contribution is 6.03. The number of ether oxygens (including phenoxy) is 1. The van der Waals surface area contributed by atoms with Crippen LogP contribution in [0.2, 0.25) is 0 Å². The lowest BCUT2D eigenvalue weighted by Gasteiger charge is -2.19. The van der Waals surface area contributed by atoms with E-state index >= 15 is 0 Å². The van der Waals surface area contributed by atoms with Crippen LogP contribution in [-0.2, 0) is 9.53 Å². The molecule has 3 nitrogen and oxygen atoms in total. The number of pyridine rings is 1. The van der Waals surface area contributed by atoms with E-state index in [-0.39, 0.29) is 5.83 Å². The van der Waals surface area contributed by atoms with Crippen molar-refractivity contribution in [1.29, 1.82) is 0 Å². The van der Waals surface area contributed by atoms with Crippen molar-refractivity contribution < 1.29 is 13.9 Å². The van der Waals surface area contributed by atoms with Crippen molar-refractivity contribution in [3.8, 4) is 11.8 Å². The predicted molar refractivity (Wildman–Crippen MR) is 122 cm³/mol.